The summed E-state index contributed by atoms with van der Waals surface area (Å²) >= 11 is 0. The first-order chi connectivity index (χ1) is 14.1. The lowest BCUT2D eigenvalue weighted by Crippen LogP contribution is -2.37. The molecule has 3 rings (SSSR count). The Bertz CT molecular complexity index is 901. The van der Waals surface area contributed by atoms with Gasteiger partial charge in [0.15, 0.2) is 0 Å². The number of allylic oxidation sites excluding steroid dienone is 2. The van der Waals surface area contributed by atoms with Crippen LogP contribution in [-0.2, 0) is 13.1 Å². The maximum Gasteiger partial charge on any atom is 0.323 e. The van der Waals surface area contributed by atoms with Gasteiger partial charge in [0.2, 0.25) is 0 Å². The second kappa shape index (κ2) is 9.77. The molecule has 2 aromatic heterocycles. The van der Waals surface area contributed by atoms with E-state index >= 15 is 0 Å². The van der Waals surface area contributed by atoms with Crippen LogP contribution in [0.1, 0.15) is 25.8 Å². The third kappa shape index (κ3) is 5.37. The van der Waals surface area contributed by atoms with E-state index in [-0.39, 0.29) is 11.9 Å². The molecule has 2 amide bonds. The lowest BCUT2D eigenvalue weighted by atomic mass is 10.0. The number of amides is 2. The lowest BCUT2D eigenvalue weighted by Gasteiger charge is -2.24. The highest BCUT2D eigenvalue weighted by atomic mass is 19.1. The fraction of sp³-hybridized carbons (Fsp3) is 0.333. The van der Waals surface area contributed by atoms with Gasteiger partial charge in [-0.3, -0.25) is 15.3 Å². The van der Waals surface area contributed by atoms with Crippen molar-refractivity contribution >= 4 is 11.9 Å². The zero-order valence-electron chi connectivity index (χ0n) is 16.6. The van der Waals surface area contributed by atoms with Crippen LogP contribution in [0.4, 0.5) is 9.18 Å². The molecule has 152 valence electrons. The van der Waals surface area contributed by atoms with Crippen LogP contribution in [0.15, 0.2) is 71.8 Å². The Morgan fingerprint density at radius 3 is 2.86 bits per heavy atom. The standard InChI is InChI=1S/C21H25FN6O/c1-3-18(12-16(2)22)19-20(25-14-17-6-4-7-23-13-17)26-21(29)28(19)10-5-9-27-11-8-24-15-27/h3-4,6-8,11-13,15,19H,5,9-10,14H2,1-2H3,(H,25,26,29)/b16-12+,18-3+. The summed E-state index contributed by atoms with van der Waals surface area (Å²) in [6.07, 6.45) is 12.8. The van der Waals surface area contributed by atoms with E-state index in [0.29, 0.717) is 24.5 Å². The van der Waals surface area contributed by atoms with Crippen molar-refractivity contribution in [2.75, 3.05) is 6.54 Å². The van der Waals surface area contributed by atoms with Gasteiger partial charge in [0.25, 0.3) is 0 Å². The molecular formula is C21H25FN6O. The number of aliphatic imine (C=N–C) groups is 1. The monoisotopic (exact) mass is 396 g/mol. The first-order valence-corrected chi connectivity index (χ1v) is 9.55. The van der Waals surface area contributed by atoms with E-state index in [9.17, 15) is 9.18 Å². The second-order valence-corrected chi connectivity index (χ2v) is 6.76. The van der Waals surface area contributed by atoms with Crippen molar-refractivity contribution in [3.05, 3.63) is 72.4 Å². The average molecular weight is 396 g/mol. The van der Waals surface area contributed by atoms with Crippen molar-refractivity contribution in [2.24, 2.45) is 4.99 Å². The van der Waals surface area contributed by atoms with E-state index in [1.807, 2.05) is 35.9 Å². The van der Waals surface area contributed by atoms with E-state index in [1.165, 1.54) is 13.0 Å². The van der Waals surface area contributed by atoms with Gasteiger partial charge in [-0.1, -0.05) is 12.1 Å². The third-order valence-electron chi connectivity index (χ3n) is 4.61. The quantitative estimate of drug-likeness (QED) is 0.694. The highest BCUT2D eigenvalue weighted by molar-refractivity contribution is 6.09. The number of carbonyl (C=O) groups excluding carboxylic acids is 1. The molecule has 1 unspecified atom stereocenters. The summed E-state index contributed by atoms with van der Waals surface area (Å²) in [6, 6.07) is 3.09. The molecule has 0 aromatic carbocycles. The molecule has 3 heterocycles. The number of nitrogens with zero attached hydrogens (tertiary/aromatic N) is 5. The molecule has 1 atom stereocenters. The first kappa shape index (κ1) is 20.4. The van der Waals surface area contributed by atoms with Gasteiger partial charge in [-0.15, -0.1) is 0 Å². The van der Waals surface area contributed by atoms with Crippen molar-refractivity contribution in [1.29, 1.82) is 0 Å². The van der Waals surface area contributed by atoms with Gasteiger partial charge in [-0.05, 0) is 43.5 Å². The molecule has 1 fully saturated rings. The molecule has 0 aliphatic carbocycles. The van der Waals surface area contributed by atoms with Gasteiger partial charge in [0.05, 0.1) is 18.7 Å². The minimum atomic E-state index is -0.447. The van der Waals surface area contributed by atoms with E-state index < -0.39 is 6.04 Å². The number of hydrogen-bond acceptors (Lipinski definition) is 4. The first-order valence-electron chi connectivity index (χ1n) is 9.55. The Hall–Kier alpha value is -3.29. The van der Waals surface area contributed by atoms with E-state index in [1.54, 1.807) is 29.8 Å². The minimum Gasteiger partial charge on any atom is -0.337 e. The van der Waals surface area contributed by atoms with Crippen LogP contribution in [0.3, 0.4) is 0 Å². The van der Waals surface area contributed by atoms with Gasteiger partial charge in [-0.25, -0.2) is 14.2 Å². The zero-order valence-corrected chi connectivity index (χ0v) is 16.6. The second-order valence-electron chi connectivity index (χ2n) is 6.76. The molecule has 2 aromatic rings. The number of aromatic nitrogens is 3. The zero-order chi connectivity index (χ0) is 20.6. The highest BCUT2D eigenvalue weighted by Crippen LogP contribution is 2.22. The van der Waals surface area contributed by atoms with Crippen LogP contribution in [0, 0.1) is 0 Å². The molecule has 7 nitrogen and oxygen atoms in total. The van der Waals surface area contributed by atoms with Crippen LogP contribution >= 0.6 is 0 Å². The van der Waals surface area contributed by atoms with E-state index in [4.69, 9.17) is 0 Å². The van der Waals surface area contributed by atoms with Crippen LogP contribution in [0.25, 0.3) is 0 Å². The van der Waals surface area contributed by atoms with Crippen molar-refractivity contribution in [1.82, 2.24) is 24.8 Å². The van der Waals surface area contributed by atoms with Gasteiger partial charge in [0, 0.05) is 37.9 Å². The smallest absolute Gasteiger partial charge is 0.323 e. The number of amidine groups is 1. The Balaban J connectivity index is 1.81. The highest BCUT2D eigenvalue weighted by Gasteiger charge is 2.37. The predicted octanol–water partition coefficient (Wildman–Crippen LogP) is 3.48. The number of nitrogens with one attached hydrogen (secondary N) is 1. The number of pyridine rings is 1. The van der Waals surface area contributed by atoms with E-state index in [2.05, 4.69) is 20.3 Å². The number of carbonyl (C=O) groups is 1. The van der Waals surface area contributed by atoms with Gasteiger partial charge in [0.1, 0.15) is 11.9 Å². The molecule has 0 saturated carbocycles. The molecular weight excluding hydrogens is 371 g/mol. The predicted molar refractivity (Wildman–Crippen MR) is 110 cm³/mol. The molecule has 0 radical (unpaired) electrons. The SMILES string of the molecule is C/C=C(\C=C(/C)F)C1C(=NCc2cccnc2)NC(=O)N1CCCn1ccnc1. The molecule has 1 saturated heterocycles. The Labute approximate surface area is 169 Å². The molecule has 8 heteroatoms. The maximum atomic E-state index is 13.7. The lowest BCUT2D eigenvalue weighted by molar-refractivity contribution is 0.208. The minimum absolute atomic E-state index is 0.227. The molecule has 1 aliphatic rings. The molecule has 1 aliphatic heterocycles. The normalized spacial score (nSPS) is 19.1. The Morgan fingerprint density at radius 1 is 1.34 bits per heavy atom. The van der Waals surface area contributed by atoms with Crippen LogP contribution in [-0.4, -0.2) is 43.9 Å². The number of urea groups is 1. The molecule has 29 heavy (non-hydrogen) atoms. The van der Waals surface area contributed by atoms with E-state index in [0.717, 1.165) is 18.5 Å². The van der Waals surface area contributed by atoms with Crippen LogP contribution in [0.2, 0.25) is 0 Å². The molecule has 0 spiro atoms. The maximum absolute atomic E-state index is 13.7. The summed E-state index contributed by atoms with van der Waals surface area (Å²) in [6.45, 7) is 4.86. The summed E-state index contributed by atoms with van der Waals surface area (Å²) < 4.78 is 15.6. The molecule has 1 N–H and O–H groups in total. The van der Waals surface area contributed by atoms with Gasteiger partial charge < -0.3 is 9.47 Å². The number of hydrogen-bond donors (Lipinski definition) is 1. The molecule has 0 bridgehead atoms. The van der Waals surface area contributed by atoms with Gasteiger partial charge >= 0.3 is 6.03 Å². The van der Waals surface area contributed by atoms with Gasteiger partial charge in [-0.2, -0.15) is 0 Å². The third-order valence-corrected chi connectivity index (χ3v) is 4.61. The topological polar surface area (TPSA) is 75.4 Å². The number of aryl methyl sites for hydroxylation is 1. The Kier molecular flexibility index (Phi) is 6.89. The van der Waals surface area contributed by atoms with Crippen molar-refractivity contribution < 1.29 is 9.18 Å². The summed E-state index contributed by atoms with van der Waals surface area (Å²) in [5.74, 6) is 0.203. The van der Waals surface area contributed by atoms with Crippen molar-refractivity contribution in [2.45, 2.75) is 39.4 Å². The summed E-state index contributed by atoms with van der Waals surface area (Å²) in [5, 5.41) is 2.86. The summed E-state index contributed by atoms with van der Waals surface area (Å²) in [5.41, 5.74) is 1.63. The fourth-order valence-corrected chi connectivity index (χ4v) is 3.27. The largest absolute Gasteiger partial charge is 0.337 e. The number of imidazole rings is 1. The number of halogens is 1. The van der Waals surface area contributed by atoms with Crippen LogP contribution < -0.4 is 5.32 Å². The summed E-state index contributed by atoms with van der Waals surface area (Å²) in [4.78, 5) is 27.1. The fourth-order valence-electron chi connectivity index (χ4n) is 3.27. The summed E-state index contributed by atoms with van der Waals surface area (Å²) in [7, 11) is 0. The average Bonchev–Trinajstić information content (AvgIpc) is 3.33. The van der Waals surface area contributed by atoms with Crippen molar-refractivity contribution in [3.63, 3.8) is 0 Å². The van der Waals surface area contributed by atoms with Crippen molar-refractivity contribution in [3.8, 4) is 0 Å². The number of rotatable bonds is 8. The Morgan fingerprint density at radius 2 is 2.21 bits per heavy atom. The van der Waals surface area contributed by atoms with Crippen LogP contribution in [0.5, 0.6) is 0 Å².